The molecule has 1 aliphatic rings. The van der Waals surface area contributed by atoms with Crippen LogP contribution in [0, 0.1) is 0 Å². The van der Waals surface area contributed by atoms with Gasteiger partial charge >= 0.3 is 0 Å². The van der Waals surface area contributed by atoms with E-state index < -0.39 is 0 Å². The first-order chi connectivity index (χ1) is 15.1. The van der Waals surface area contributed by atoms with Gasteiger partial charge in [0.05, 0.1) is 12.7 Å². The maximum Gasteiger partial charge on any atom is 0.262 e. The van der Waals surface area contributed by atoms with Gasteiger partial charge in [0.1, 0.15) is 0 Å². The van der Waals surface area contributed by atoms with Gasteiger partial charge in [-0.25, -0.2) is 0 Å². The Kier molecular flexibility index (Phi) is 5.62. The topological polar surface area (TPSA) is 81.7 Å². The standard InChI is InChI=1S/C25H19NO5/c1-30-22-14-16(13-20-24(28)18-9-5-6-10-19(18)25(20)29)11-12-21(22)31-15-23(27)26-17-7-3-2-4-8-17/h2-14H,15H2,1H3,(H,26,27). The van der Waals surface area contributed by atoms with Crippen molar-refractivity contribution in [3.8, 4) is 11.5 Å². The van der Waals surface area contributed by atoms with Gasteiger partial charge in [-0.05, 0) is 35.9 Å². The number of allylic oxidation sites excluding steroid dienone is 1. The van der Waals surface area contributed by atoms with E-state index in [2.05, 4.69) is 5.32 Å². The number of anilines is 1. The molecule has 1 N–H and O–H groups in total. The summed E-state index contributed by atoms with van der Waals surface area (Å²) in [5, 5.41) is 2.74. The normalized spacial score (nSPS) is 12.4. The summed E-state index contributed by atoms with van der Waals surface area (Å²) in [7, 11) is 1.48. The van der Waals surface area contributed by atoms with Gasteiger partial charge < -0.3 is 14.8 Å². The molecule has 0 heterocycles. The Morgan fingerprint density at radius 3 is 2.16 bits per heavy atom. The van der Waals surface area contributed by atoms with Crippen molar-refractivity contribution < 1.29 is 23.9 Å². The van der Waals surface area contributed by atoms with Crippen LogP contribution >= 0.6 is 0 Å². The predicted molar refractivity (Wildman–Crippen MR) is 117 cm³/mol. The summed E-state index contributed by atoms with van der Waals surface area (Å²) >= 11 is 0. The van der Waals surface area contributed by atoms with E-state index in [1.54, 1.807) is 60.7 Å². The van der Waals surface area contributed by atoms with Gasteiger partial charge in [-0.3, -0.25) is 14.4 Å². The number of methoxy groups -OCH3 is 1. The van der Waals surface area contributed by atoms with Crippen LogP contribution in [0.25, 0.3) is 6.08 Å². The zero-order valence-electron chi connectivity index (χ0n) is 16.8. The number of benzene rings is 3. The molecule has 0 aliphatic heterocycles. The van der Waals surface area contributed by atoms with Crippen LogP contribution in [0.5, 0.6) is 11.5 Å². The average Bonchev–Trinajstić information content (AvgIpc) is 3.04. The fraction of sp³-hybridized carbons (Fsp3) is 0.0800. The van der Waals surface area contributed by atoms with Crippen LogP contribution in [-0.4, -0.2) is 31.2 Å². The monoisotopic (exact) mass is 413 g/mol. The molecular weight excluding hydrogens is 394 g/mol. The zero-order chi connectivity index (χ0) is 21.8. The van der Waals surface area contributed by atoms with Gasteiger partial charge in [0.25, 0.3) is 5.91 Å². The third-order valence-electron chi connectivity index (χ3n) is 4.82. The van der Waals surface area contributed by atoms with Crippen LogP contribution in [0.2, 0.25) is 0 Å². The van der Waals surface area contributed by atoms with E-state index in [4.69, 9.17) is 9.47 Å². The Morgan fingerprint density at radius 2 is 1.52 bits per heavy atom. The summed E-state index contributed by atoms with van der Waals surface area (Å²) in [5.41, 5.74) is 2.23. The molecule has 0 saturated carbocycles. The van der Waals surface area contributed by atoms with Crippen LogP contribution in [0.3, 0.4) is 0 Å². The van der Waals surface area contributed by atoms with Crippen molar-refractivity contribution in [3.63, 3.8) is 0 Å². The maximum absolute atomic E-state index is 12.6. The molecule has 0 spiro atoms. The number of Topliss-reactive ketones (excluding diaryl/α,β-unsaturated/α-hetero) is 2. The lowest BCUT2D eigenvalue weighted by Crippen LogP contribution is -2.20. The number of hydrogen-bond donors (Lipinski definition) is 1. The Morgan fingerprint density at radius 1 is 0.871 bits per heavy atom. The first-order valence-corrected chi connectivity index (χ1v) is 9.62. The van der Waals surface area contributed by atoms with Crippen molar-refractivity contribution in [2.24, 2.45) is 0 Å². The van der Waals surface area contributed by atoms with Crippen LogP contribution in [0.1, 0.15) is 26.3 Å². The highest BCUT2D eigenvalue weighted by molar-refractivity contribution is 6.41. The Labute approximate surface area is 179 Å². The number of ether oxygens (including phenoxy) is 2. The van der Waals surface area contributed by atoms with Crippen molar-refractivity contribution in [1.82, 2.24) is 0 Å². The summed E-state index contributed by atoms with van der Waals surface area (Å²) in [5.74, 6) is -0.133. The molecule has 0 fully saturated rings. The molecule has 6 nitrogen and oxygen atoms in total. The lowest BCUT2D eigenvalue weighted by Gasteiger charge is -2.11. The number of fused-ring (bicyclic) bond motifs is 1. The first kappa shape index (κ1) is 20.1. The number of carbonyl (C=O) groups excluding carboxylic acids is 3. The Hall–Kier alpha value is -4.19. The van der Waals surface area contributed by atoms with E-state index in [1.165, 1.54) is 7.11 Å². The second kappa shape index (κ2) is 8.67. The number of carbonyl (C=O) groups is 3. The first-order valence-electron chi connectivity index (χ1n) is 9.62. The van der Waals surface area contributed by atoms with Gasteiger partial charge in [-0.15, -0.1) is 0 Å². The third kappa shape index (κ3) is 4.23. The molecule has 1 aliphatic carbocycles. The maximum atomic E-state index is 12.6. The molecule has 0 atom stereocenters. The summed E-state index contributed by atoms with van der Waals surface area (Å²) < 4.78 is 10.9. The van der Waals surface area contributed by atoms with Crippen LogP contribution in [0.4, 0.5) is 5.69 Å². The highest BCUT2D eigenvalue weighted by Crippen LogP contribution is 2.31. The van der Waals surface area contributed by atoms with Gasteiger partial charge in [-0.1, -0.05) is 48.5 Å². The molecule has 1 amide bonds. The molecule has 0 radical (unpaired) electrons. The molecule has 0 aromatic heterocycles. The zero-order valence-corrected chi connectivity index (χ0v) is 16.8. The van der Waals surface area contributed by atoms with E-state index in [1.807, 2.05) is 18.2 Å². The largest absolute Gasteiger partial charge is 0.493 e. The molecule has 0 unspecified atom stereocenters. The molecule has 6 heteroatoms. The number of nitrogens with one attached hydrogen (secondary N) is 1. The minimum absolute atomic E-state index is 0.110. The van der Waals surface area contributed by atoms with E-state index >= 15 is 0 Å². The van der Waals surface area contributed by atoms with Crippen molar-refractivity contribution in [1.29, 1.82) is 0 Å². The summed E-state index contributed by atoms with van der Waals surface area (Å²) in [6, 6.07) is 20.8. The van der Waals surface area contributed by atoms with E-state index in [-0.39, 0.29) is 29.7 Å². The number of ketones is 2. The summed E-state index contributed by atoms with van der Waals surface area (Å²) in [6.07, 6.45) is 1.54. The van der Waals surface area contributed by atoms with Crippen molar-refractivity contribution >= 4 is 29.2 Å². The Balaban J connectivity index is 1.49. The van der Waals surface area contributed by atoms with Crippen LogP contribution in [-0.2, 0) is 4.79 Å². The summed E-state index contributed by atoms with van der Waals surface area (Å²) in [4.78, 5) is 37.2. The minimum Gasteiger partial charge on any atom is -0.493 e. The minimum atomic E-state index is -0.306. The van der Waals surface area contributed by atoms with Crippen molar-refractivity contribution in [2.75, 3.05) is 19.0 Å². The van der Waals surface area contributed by atoms with Crippen molar-refractivity contribution in [2.45, 2.75) is 0 Å². The predicted octanol–water partition coefficient (Wildman–Crippen LogP) is 4.18. The molecule has 154 valence electrons. The smallest absolute Gasteiger partial charge is 0.262 e. The lowest BCUT2D eigenvalue weighted by atomic mass is 10.1. The number of hydrogen-bond acceptors (Lipinski definition) is 5. The number of rotatable bonds is 6. The third-order valence-corrected chi connectivity index (χ3v) is 4.82. The molecular formula is C25H19NO5. The SMILES string of the molecule is COc1cc(C=C2C(=O)c3ccccc3C2=O)ccc1OCC(=O)Nc1ccccc1. The van der Waals surface area contributed by atoms with E-state index in [0.29, 0.717) is 33.9 Å². The van der Waals surface area contributed by atoms with Crippen LogP contribution in [0.15, 0.2) is 78.4 Å². The molecule has 4 rings (SSSR count). The molecule has 0 bridgehead atoms. The van der Waals surface area contributed by atoms with Crippen molar-refractivity contribution in [3.05, 3.63) is 95.1 Å². The number of amides is 1. The molecule has 0 saturated heterocycles. The quantitative estimate of drug-likeness (QED) is 0.484. The molecule has 3 aromatic rings. The highest BCUT2D eigenvalue weighted by atomic mass is 16.5. The van der Waals surface area contributed by atoms with E-state index in [9.17, 15) is 14.4 Å². The van der Waals surface area contributed by atoms with E-state index in [0.717, 1.165) is 0 Å². The summed E-state index contributed by atoms with van der Waals surface area (Å²) in [6.45, 7) is -0.196. The highest BCUT2D eigenvalue weighted by Gasteiger charge is 2.32. The van der Waals surface area contributed by atoms with Gasteiger partial charge in [0.15, 0.2) is 29.7 Å². The second-order valence-corrected chi connectivity index (χ2v) is 6.88. The fourth-order valence-corrected chi connectivity index (χ4v) is 3.33. The molecule has 3 aromatic carbocycles. The van der Waals surface area contributed by atoms with Gasteiger partial charge in [0.2, 0.25) is 0 Å². The molecule has 31 heavy (non-hydrogen) atoms. The second-order valence-electron chi connectivity index (χ2n) is 6.88. The number of para-hydroxylation sites is 1. The average molecular weight is 413 g/mol. The fourth-order valence-electron chi connectivity index (χ4n) is 3.33. The van der Waals surface area contributed by atoms with Gasteiger partial charge in [-0.2, -0.15) is 0 Å². The van der Waals surface area contributed by atoms with Crippen LogP contribution < -0.4 is 14.8 Å². The Bertz CT molecular complexity index is 1160. The van der Waals surface area contributed by atoms with Gasteiger partial charge in [0, 0.05) is 16.8 Å². The lowest BCUT2D eigenvalue weighted by molar-refractivity contribution is -0.118.